The Labute approximate surface area is 152 Å². The van der Waals surface area contributed by atoms with E-state index in [1.807, 2.05) is 6.08 Å². The molecule has 0 saturated carbocycles. The van der Waals surface area contributed by atoms with Crippen molar-refractivity contribution < 1.29 is 18.7 Å². The van der Waals surface area contributed by atoms with E-state index < -0.39 is 8.32 Å². The number of hydrogen-bond acceptors (Lipinski definition) is 4. The minimum absolute atomic E-state index is 0.0184. The predicted molar refractivity (Wildman–Crippen MR) is 103 cm³/mol. The molecule has 0 unspecified atom stereocenters. The lowest BCUT2D eigenvalue weighted by Crippen LogP contribution is -2.44. The Morgan fingerprint density at radius 2 is 1.88 bits per heavy atom. The molecule has 1 aliphatic rings. The number of allylic oxidation sites excluding steroid dienone is 1. The monoisotopic (exact) mass is 362 g/mol. The molecule has 0 saturated heterocycles. The molecule has 1 aromatic rings. The highest BCUT2D eigenvalue weighted by molar-refractivity contribution is 6.74. The molecule has 0 aromatic heterocycles. The van der Waals surface area contributed by atoms with Crippen molar-refractivity contribution in [2.24, 2.45) is 0 Å². The number of cyclic esters (lactones) is 1. The normalized spacial score (nSPS) is 14.1. The van der Waals surface area contributed by atoms with E-state index in [9.17, 15) is 4.79 Å². The van der Waals surface area contributed by atoms with E-state index in [2.05, 4.69) is 47.4 Å². The maximum absolute atomic E-state index is 12.5. The largest absolute Gasteiger partial charge is 0.543 e. The molecule has 1 heterocycles. The zero-order chi connectivity index (χ0) is 19.0. The van der Waals surface area contributed by atoms with Gasteiger partial charge in [0.25, 0.3) is 8.32 Å². The number of carbonyl (C=O) groups excluding carboxylic acids is 1. The highest BCUT2D eigenvalue weighted by Gasteiger charge is 2.42. The van der Waals surface area contributed by atoms with Crippen molar-refractivity contribution in [1.29, 1.82) is 0 Å². The van der Waals surface area contributed by atoms with Crippen LogP contribution < -0.4 is 9.16 Å². The topological polar surface area (TPSA) is 44.8 Å². The third-order valence-corrected chi connectivity index (χ3v) is 9.66. The van der Waals surface area contributed by atoms with Gasteiger partial charge in [-0.2, -0.15) is 0 Å². The van der Waals surface area contributed by atoms with Crippen LogP contribution in [0.15, 0.2) is 12.7 Å². The SMILES string of the molecule is C=CCc1c(OC)c(CC)c2c(c1O[Si](C)(C)C(C)(C)C)C(=O)OC2. The summed E-state index contributed by atoms with van der Waals surface area (Å²) in [5.41, 5.74) is 3.42. The van der Waals surface area contributed by atoms with Gasteiger partial charge in [-0.15, -0.1) is 6.58 Å². The van der Waals surface area contributed by atoms with Gasteiger partial charge in [-0.3, -0.25) is 0 Å². The number of fused-ring (bicyclic) bond motifs is 1. The first-order valence-corrected chi connectivity index (χ1v) is 11.7. The lowest BCUT2D eigenvalue weighted by Gasteiger charge is -2.37. The molecule has 1 aliphatic heterocycles. The summed E-state index contributed by atoms with van der Waals surface area (Å²) in [5, 5.41) is 0.0184. The molecule has 1 aromatic carbocycles. The summed E-state index contributed by atoms with van der Waals surface area (Å²) in [6.45, 7) is 17.1. The van der Waals surface area contributed by atoms with Gasteiger partial charge < -0.3 is 13.9 Å². The maximum atomic E-state index is 12.5. The molecule has 4 nitrogen and oxygen atoms in total. The number of esters is 1. The van der Waals surface area contributed by atoms with Crippen molar-refractivity contribution in [2.75, 3.05) is 7.11 Å². The second-order valence-electron chi connectivity index (χ2n) is 7.96. The Balaban J connectivity index is 2.79. The lowest BCUT2D eigenvalue weighted by atomic mass is 9.93. The average Bonchev–Trinajstić information content (AvgIpc) is 2.89. The van der Waals surface area contributed by atoms with Crippen LogP contribution in [0, 0.1) is 0 Å². The first-order chi connectivity index (χ1) is 11.6. The zero-order valence-corrected chi connectivity index (χ0v) is 17.5. The molecule has 0 N–H and O–H groups in total. The second kappa shape index (κ2) is 6.87. The minimum Gasteiger partial charge on any atom is -0.543 e. The Bertz CT molecular complexity index is 699. The molecule has 0 aliphatic carbocycles. The van der Waals surface area contributed by atoms with E-state index in [1.54, 1.807) is 7.11 Å². The number of benzene rings is 1. The van der Waals surface area contributed by atoms with Crippen molar-refractivity contribution in [1.82, 2.24) is 0 Å². The van der Waals surface area contributed by atoms with E-state index in [0.717, 1.165) is 28.9 Å². The van der Waals surface area contributed by atoms with Crippen molar-refractivity contribution in [3.63, 3.8) is 0 Å². The smallest absolute Gasteiger partial charge is 0.342 e. The molecule has 0 amide bonds. The number of methoxy groups -OCH3 is 1. The number of hydrogen-bond donors (Lipinski definition) is 0. The van der Waals surface area contributed by atoms with E-state index in [-0.39, 0.29) is 17.6 Å². The molecule has 0 fully saturated rings. The van der Waals surface area contributed by atoms with Gasteiger partial charge in [0.1, 0.15) is 23.7 Å². The second-order valence-corrected chi connectivity index (χ2v) is 12.7. The third kappa shape index (κ3) is 3.34. The Hall–Kier alpha value is -1.75. The number of carbonyl (C=O) groups is 1. The van der Waals surface area contributed by atoms with Crippen LogP contribution in [0.5, 0.6) is 11.5 Å². The fourth-order valence-corrected chi connectivity index (χ4v) is 3.96. The summed E-state index contributed by atoms with van der Waals surface area (Å²) in [6, 6.07) is 0. The average molecular weight is 363 g/mol. The van der Waals surface area contributed by atoms with Gasteiger partial charge in [-0.1, -0.05) is 33.8 Å². The van der Waals surface area contributed by atoms with Crippen LogP contribution in [0.3, 0.4) is 0 Å². The molecule has 2 rings (SSSR count). The number of rotatable bonds is 6. The lowest BCUT2D eigenvalue weighted by molar-refractivity contribution is 0.0533. The molecule has 138 valence electrons. The molecule has 0 atom stereocenters. The van der Waals surface area contributed by atoms with Gasteiger partial charge in [-0.05, 0) is 31.0 Å². The minimum atomic E-state index is -2.14. The summed E-state index contributed by atoms with van der Waals surface area (Å²) in [5.74, 6) is 1.14. The van der Waals surface area contributed by atoms with Crippen LogP contribution in [-0.2, 0) is 24.2 Å². The van der Waals surface area contributed by atoms with E-state index in [1.165, 1.54) is 0 Å². The van der Waals surface area contributed by atoms with Gasteiger partial charge in [0.2, 0.25) is 0 Å². The van der Waals surface area contributed by atoms with Crippen LogP contribution in [0.4, 0.5) is 0 Å². The van der Waals surface area contributed by atoms with E-state index in [4.69, 9.17) is 13.9 Å². The summed E-state index contributed by atoms with van der Waals surface area (Å²) in [6.07, 6.45) is 3.18. The molecule has 0 bridgehead atoms. The highest BCUT2D eigenvalue weighted by atomic mass is 28.4. The first kappa shape index (κ1) is 19.6. The van der Waals surface area contributed by atoms with Crippen molar-refractivity contribution in [2.45, 2.75) is 65.3 Å². The quantitative estimate of drug-likeness (QED) is 0.404. The highest BCUT2D eigenvalue weighted by Crippen LogP contribution is 2.46. The third-order valence-electron chi connectivity index (χ3n) is 5.34. The number of ether oxygens (including phenoxy) is 2. The van der Waals surface area contributed by atoms with Crippen molar-refractivity contribution in [3.8, 4) is 11.5 Å². The Morgan fingerprint density at radius 1 is 1.24 bits per heavy atom. The first-order valence-electron chi connectivity index (χ1n) is 8.80. The molecule has 0 radical (unpaired) electrons. The van der Waals surface area contributed by atoms with Crippen LogP contribution in [-0.4, -0.2) is 21.4 Å². The molecular weight excluding hydrogens is 332 g/mol. The van der Waals surface area contributed by atoms with Gasteiger partial charge >= 0.3 is 5.97 Å². The van der Waals surface area contributed by atoms with Crippen LogP contribution in [0.2, 0.25) is 18.1 Å². The van der Waals surface area contributed by atoms with Crippen molar-refractivity contribution >= 4 is 14.3 Å². The molecule has 5 heteroatoms. The van der Waals surface area contributed by atoms with Gasteiger partial charge in [0.05, 0.1) is 7.11 Å². The predicted octanol–water partition coefficient (Wildman–Crippen LogP) is 5.04. The fraction of sp³-hybridized carbons (Fsp3) is 0.550. The molecular formula is C20H30O4Si. The van der Waals surface area contributed by atoms with E-state index in [0.29, 0.717) is 17.7 Å². The Morgan fingerprint density at radius 3 is 2.36 bits per heavy atom. The molecule has 25 heavy (non-hydrogen) atoms. The molecule has 0 spiro atoms. The fourth-order valence-electron chi connectivity index (χ4n) is 2.92. The maximum Gasteiger partial charge on any atom is 0.342 e. The summed E-state index contributed by atoms with van der Waals surface area (Å²) >= 11 is 0. The van der Waals surface area contributed by atoms with Crippen LogP contribution >= 0.6 is 0 Å². The van der Waals surface area contributed by atoms with Gasteiger partial charge in [0, 0.05) is 16.7 Å². The van der Waals surface area contributed by atoms with Crippen LogP contribution in [0.1, 0.15) is 54.7 Å². The zero-order valence-electron chi connectivity index (χ0n) is 16.5. The Kier molecular flexibility index (Phi) is 5.37. The summed E-state index contributed by atoms with van der Waals surface area (Å²) in [4.78, 5) is 12.5. The van der Waals surface area contributed by atoms with Crippen molar-refractivity contribution in [3.05, 3.63) is 34.9 Å². The summed E-state index contributed by atoms with van der Waals surface area (Å²) < 4.78 is 17.7. The van der Waals surface area contributed by atoms with Gasteiger partial charge in [0.15, 0.2) is 0 Å². The van der Waals surface area contributed by atoms with Crippen LogP contribution in [0.25, 0.3) is 0 Å². The van der Waals surface area contributed by atoms with E-state index >= 15 is 0 Å². The standard InChI is InChI=1S/C20H30O4Si/c1-9-11-14-17(22-6)13(10-2)15-12-23-19(21)16(15)18(14)24-25(7,8)20(3,4)5/h9H,1,10-12H2,2-8H3. The summed E-state index contributed by atoms with van der Waals surface area (Å²) in [7, 11) is -0.472. The van der Waals surface area contributed by atoms with Gasteiger partial charge in [-0.25, -0.2) is 4.79 Å².